The predicted octanol–water partition coefficient (Wildman–Crippen LogP) is 2.84. The van der Waals surface area contributed by atoms with E-state index in [4.69, 9.17) is 4.74 Å². The van der Waals surface area contributed by atoms with Crippen molar-refractivity contribution in [3.63, 3.8) is 0 Å². The zero-order valence-electron chi connectivity index (χ0n) is 13.4. The first-order valence-electron chi connectivity index (χ1n) is 7.62. The van der Waals surface area contributed by atoms with Gasteiger partial charge in [0.15, 0.2) is 0 Å². The van der Waals surface area contributed by atoms with Gasteiger partial charge in [0.1, 0.15) is 10.6 Å². The molecule has 0 aliphatic carbocycles. The van der Waals surface area contributed by atoms with Crippen LogP contribution >= 0.6 is 0 Å². The van der Waals surface area contributed by atoms with E-state index in [1.54, 1.807) is 17.2 Å². The van der Waals surface area contributed by atoms with Crippen LogP contribution in [0.3, 0.4) is 0 Å². The van der Waals surface area contributed by atoms with Crippen LogP contribution in [0.2, 0.25) is 0 Å². The lowest BCUT2D eigenvalue weighted by Crippen LogP contribution is -2.44. The van der Waals surface area contributed by atoms with Gasteiger partial charge >= 0.3 is 6.09 Å². The summed E-state index contributed by atoms with van der Waals surface area (Å²) in [6.07, 6.45) is 3.28. The summed E-state index contributed by atoms with van der Waals surface area (Å²) < 4.78 is 17.7. The van der Waals surface area contributed by atoms with Gasteiger partial charge in [-0.15, -0.1) is 0 Å². The van der Waals surface area contributed by atoms with Gasteiger partial charge in [-0.3, -0.25) is 4.21 Å². The van der Waals surface area contributed by atoms with Gasteiger partial charge < -0.3 is 9.64 Å². The number of carbonyl (C=O) groups excluding carboxylic acids is 1. The second kappa shape index (κ2) is 7.22. The van der Waals surface area contributed by atoms with Crippen molar-refractivity contribution < 1.29 is 13.7 Å². The van der Waals surface area contributed by atoms with Gasteiger partial charge in [0.05, 0.1) is 10.8 Å². The highest BCUT2D eigenvalue weighted by molar-refractivity contribution is 7.84. The lowest BCUT2D eigenvalue weighted by atomic mass is 10.0. The summed E-state index contributed by atoms with van der Waals surface area (Å²) in [5, 5.41) is 0.608. The Morgan fingerprint density at radius 1 is 1.45 bits per heavy atom. The number of carbonyl (C=O) groups is 1. The molecule has 2 rings (SSSR count). The second-order valence-corrected chi connectivity index (χ2v) is 8.06. The van der Waals surface area contributed by atoms with E-state index in [0.717, 1.165) is 12.8 Å². The third-order valence-corrected chi connectivity index (χ3v) is 4.91. The fourth-order valence-corrected chi connectivity index (χ4v) is 3.75. The molecule has 0 spiro atoms. The molecular formula is C16H24N2O3S. The maximum absolute atomic E-state index is 12.3. The van der Waals surface area contributed by atoms with Crippen molar-refractivity contribution >= 4 is 16.9 Å². The Morgan fingerprint density at radius 2 is 2.23 bits per heavy atom. The number of likely N-dealkylation sites (tertiary alicyclic amines) is 1. The number of ether oxygens (including phenoxy) is 1. The van der Waals surface area contributed by atoms with Crippen molar-refractivity contribution in [1.82, 2.24) is 9.88 Å². The van der Waals surface area contributed by atoms with Crippen LogP contribution in [0.5, 0.6) is 0 Å². The lowest BCUT2D eigenvalue weighted by Gasteiger charge is -2.33. The number of pyridine rings is 1. The standard InChI is InChI=1S/C16H24N2O3S/c1-16(2,3)21-15(19)18-10-6-7-13(11-18)12-22(20)14-8-4-5-9-17-14/h4-5,8-9,13H,6-7,10-12H2,1-3H3/t13-,22-/m1/s1. The summed E-state index contributed by atoms with van der Waals surface area (Å²) in [4.78, 5) is 18.0. The lowest BCUT2D eigenvalue weighted by molar-refractivity contribution is 0.0176. The molecule has 6 heteroatoms. The fraction of sp³-hybridized carbons (Fsp3) is 0.625. The van der Waals surface area contributed by atoms with Crippen LogP contribution in [0.4, 0.5) is 4.79 Å². The molecule has 1 saturated heterocycles. The van der Waals surface area contributed by atoms with Crippen molar-refractivity contribution in [3.8, 4) is 0 Å². The van der Waals surface area contributed by atoms with Gasteiger partial charge in [-0.1, -0.05) is 6.07 Å². The quantitative estimate of drug-likeness (QED) is 0.858. The zero-order chi connectivity index (χ0) is 16.2. The van der Waals surface area contributed by atoms with Crippen LogP contribution in [0.15, 0.2) is 29.4 Å². The van der Waals surface area contributed by atoms with Crippen LogP contribution < -0.4 is 0 Å². The molecule has 0 bridgehead atoms. The van der Waals surface area contributed by atoms with E-state index in [1.165, 1.54) is 0 Å². The minimum absolute atomic E-state index is 0.226. The van der Waals surface area contributed by atoms with Crippen molar-refractivity contribution in [2.45, 2.75) is 44.2 Å². The summed E-state index contributed by atoms with van der Waals surface area (Å²) >= 11 is 0. The number of nitrogens with zero attached hydrogens (tertiary/aromatic N) is 2. The first-order valence-corrected chi connectivity index (χ1v) is 8.94. The molecule has 1 aromatic rings. The molecule has 122 valence electrons. The average molecular weight is 324 g/mol. The summed E-state index contributed by atoms with van der Waals surface area (Å²) in [6.45, 7) is 6.91. The van der Waals surface area contributed by atoms with Crippen molar-refractivity contribution in [1.29, 1.82) is 0 Å². The Bertz CT molecular complexity index is 528. The first-order chi connectivity index (χ1) is 10.3. The molecule has 1 aromatic heterocycles. The highest BCUT2D eigenvalue weighted by atomic mass is 32.2. The number of piperidine rings is 1. The molecule has 1 amide bonds. The highest BCUT2D eigenvalue weighted by Gasteiger charge is 2.28. The number of hydrogen-bond donors (Lipinski definition) is 0. The SMILES string of the molecule is CC(C)(C)OC(=O)N1CCC[C@@H](C[S@@](=O)c2ccccn2)C1. The normalized spacial score (nSPS) is 20.5. The maximum atomic E-state index is 12.3. The topological polar surface area (TPSA) is 59.5 Å². The highest BCUT2D eigenvalue weighted by Crippen LogP contribution is 2.21. The summed E-state index contributed by atoms with van der Waals surface area (Å²) in [5.74, 6) is 0.764. The third-order valence-electron chi connectivity index (χ3n) is 3.43. The Hall–Kier alpha value is -1.43. The summed E-state index contributed by atoms with van der Waals surface area (Å²) in [6, 6.07) is 5.43. The molecule has 0 aromatic carbocycles. The number of hydrogen-bond acceptors (Lipinski definition) is 4. The van der Waals surface area contributed by atoms with Gasteiger partial charge in [0.25, 0.3) is 0 Å². The van der Waals surface area contributed by atoms with E-state index in [1.807, 2.05) is 32.9 Å². The molecule has 1 aliphatic heterocycles. The Labute approximate surface area is 134 Å². The molecule has 1 fully saturated rings. The minimum atomic E-state index is -1.12. The maximum Gasteiger partial charge on any atom is 0.410 e. The average Bonchev–Trinajstić information content (AvgIpc) is 2.46. The van der Waals surface area contributed by atoms with Crippen molar-refractivity contribution in [3.05, 3.63) is 24.4 Å². The molecule has 2 heterocycles. The molecule has 5 nitrogen and oxygen atoms in total. The van der Waals surface area contributed by atoms with Gasteiger partial charge in [-0.05, 0) is 51.7 Å². The largest absolute Gasteiger partial charge is 0.444 e. The first kappa shape index (κ1) is 16.9. The molecule has 2 atom stereocenters. The predicted molar refractivity (Wildman–Crippen MR) is 86.0 cm³/mol. The van der Waals surface area contributed by atoms with E-state index in [0.29, 0.717) is 23.9 Å². The number of aromatic nitrogens is 1. The zero-order valence-corrected chi connectivity index (χ0v) is 14.3. The van der Waals surface area contributed by atoms with E-state index in [2.05, 4.69) is 4.98 Å². The fourth-order valence-electron chi connectivity index (χ4n) is 2.47. The number of amides is 1. The molecule has 1 aliphatic rings. The monoisotopic (exact) mass is 324 g/mol. The minimum Gasteiger partial charge on any atom is -0.444 e. The molecule has 0 unspecified atom stereocenters. The van der Waals surface area contributed by atoms with Gasteiger partial charge in [0, 0.05) is 25.0 Å². The van der Waals surface area contributed by atoms with Crippen molar-refractivity contribution in [2.24, 2.45) is 5.92 Å². The van der Waals surface area contributed by atoms with Crippen LogP contribution in [0.25, 0.3) is 0 Å². The van der Waals surface area contributed by atoms with Gasteiger partial charge in [0.2, 0.25) is 0 Å². The molecule has 0 N–H and O–H groups in total. The second-order valence-electron chi connectivity index (χ2n) is 6.61. The molecule has 0 radical (unpaired) electrons. The van der Waals surface area contributed by atoms with E-state index >= 15 is 0 Å². The third kappa shape index (κ3) is 5.09. The van der Waals surface area contributed by atoms with E-state index in [9.17, 15) is 9.00 Å². The Kier molecular flexibility index (Phi) is 5.56. The van der Waals surface area contributed by atoms with Crippen LogP contribution in [0.1, 0.15) is 33.6 Å². The van der Waals surface area contributed by atoms with E-state index < -0.39 is 16.4 Å². The van der Waals surface area contributed by atoms with Gasteiger partial charge in [-0.2, -0.15) is 0 Å². The van der Waals surface area contributed by atoms with Crippen molar-refractivity contribution in [2.75, 3.05) is 18.8 Å². The molecule has 0 saturated carbocycles. The van der Waals surface area contributed by atoms with Crippen LogP contribution in [-0.2, 0) is 15.5 Å². The van der Waals surface area contributed by atoms with E-state index in [-0.39, 0.29) is 12.0 Å². The smallest absolute Gasteiger partial charge is 0.410 e. The number of rotatable bonds is 3. The molecular weight excluding hydrogens is 300 g/mol. The summed E-state index contributed by atoms with van der Waals surface area (Å²) in [5.41, 5.74) is -0.485. The summed E-state index contributed by atoms with van der Waals surface area (Å²) in [7, 11) is -1.12. The Balaban J connectivity index is 1.91. The molecule has 22 heavy (non-hydrogen) atoms. The van der Waals surface area contributed by atoms with Gasteiger partial charge in [-0.25, -0.2) is 9.78 Å². The van der Waals surface area contributed by atoms with Crippen LogP contribution in [0, 0.1) is 5.92 Å². The van der Waals surface area contributed by atoms with Crippen LogP contribution in [-0.4, -0.2) is 44.6 Å². The Morgan fingerprint density at radius 3 is 2.86 bits per heavy atom.